The zero-order valence-corrected chi connectivity index (χ0v) is 19.0. The molecule has 0 saturated heterocycles. The fraction of sp³-hybridized carbons (Fsp3) is 0.808. The number of rotatable bonds is 23. The smallest absolute Gasteiger partial charge is 0.303 e. The van der Waals surface area contributed by atoms with E-state index in [0.717, 1.165) is 25.7 Å². The van der Waals surface area contributed by atoms with Gasteiger partial charge in [0.25, 0.3) is 0 Å². The van der Waals surface area contributed by atoms with E-state index in [2.05, 4.69) is 24.3 Å². The molecule has 0 aliphatic rings. The Morgan fingerprint density at radius 2 is 0.897 bits per heavy atom. The van der Waals surface area contributed by atoms with Crippen molar-refractivity contribution < 1.29 is 15.0 Å². The van der Waals surface area contributed by atoms with Crippen LogP contribution in [0.25, 0.3) is 0 Å². The van der Waals surface area contributed by atoms with E-state index in [4.69, 9.17) is 10.2 Å². The molecule has 0 aromatic carbocycles. The predicted molar refractivity (Wildman–Crippen MR) is 125 cm³/mol. The minimum atomic E-state index is -0.664. The molecule has 0 atom stereocenters. The molecule has 0 amide bonds. The van der Waals surface area contributed by atoms with Crippen molar-refractivity contribution in [1.29, 1.82) is 0 Å². The lowest BCUT2D eigenvalue weighted by atomic mass is 10.1. The summed E-state index contributed by atoms with van der Waals surface area (Å²) in [6.45, 7) is 0.346. The van der Waals surface area contributed by atoms with Gasteiger partial charge in [-0.15, -0.1) is 0 Å². The van der Waals surface area contributed by atoms with E-state index in [1.807, 2.05) is 0 Å². The molecule has 0 aliphatic carbocycles. The van der Waals surface area contributed by atoms with Crippen molar-refractivity contribution in [3.8, 4) is 0 Å². The molecule has 0 unspecified atom stereocenters. The second-order valence-electron chi connectivity index (χ2n) is 8.28. The maximum Gasteiger partial charge on any atom is 0.303 e. The van der Waals surface area contributed by atoms with Crippen molar-refractivity contribution in [2.24, 2.45) is 0 Å². The van der Waals surface area contributed by atoms with Crippen LogP contribution in [0.15, 0.2) is 24.3 Å². The van der Waals surface area contributed by atoms with Crippen LogP contribution in [-0.2, 0) is 4.79 Å². The molecule has 0 rings (SSSR count). The van der Waals surface area contributed by atoms with Crippen LogP contribution in [0.2, 0.25) is 0 Å². The molecule has 0 heterocycles. The number of allylic oxidation sites excluding steroid dienone is 4. The van der Waals surface area contributed by atoms with Crippen molar-refractivity contribution >= 4 is 5.97 Å². The third-order valence-corrected chi connectivity index (χ3v) is 5.40. The average molecular weight is 409 g/mol. The summed E-state index contributed by atoms with van der Waals surface area (Å²) in [5.41, 5.74) is 0. The van der Waals surface area contributed by atoms with E-state index in [0.29, 0.717) is 13.0 Å². The Bertz CT molecular complexity index is 387. The minimum absolute atomic E-state index is 0.330. The quantitative estimate of drug-likeness (QED) is 0.133. The number of aliphatic hydroxyl groups is 1. The zero-order chi connectivity index (χ0) is 21.3. The minimum Gasteiger partial charge on any atom is -0.481 e. The van der Waals surface area contributed by atoms with Crippen molar-refractivity contribution in [3.05, 3.63) is 24.3 Å². The first-order chi connectivity index (χ1) is 14.3. The highest BCUT2D eigenvalue weighted by molar-refractivity contribution is 5.66. The number of aliphatic carboxylic acids is 1. The Kier molecular flexibility index (Phi) is 24.0. The Morgan fingerprint density at radius 1 is 0.517 bits per heavy atom. The molecule has 2 N–H and O–H groups in total. The molecule has 29 heavy (non-hydrogen) atoms. The Labute approximate surface area is 180 Å². The fourth-order valence-corrected chi connectivity index (χ4v) is 3.54. The molecule has 3 nitrogen and oxygen atoms in total. The summed E-state index contributed by atoms with van der Waals surface area (Å²) >= 11 is 0. The lowest BCUT2D eigenvalue weighted by molar-refractivity contribution is -0.137. The van der Waals surface area contributed by atoms with Gasteiger partial charge in [-0.3, -0.25) is 4.79 Å². The first kappa shape index (κ1) is 27.9. The van der Waals surface area contributed by atoms with Gasteiger partial charge in [0.2, 0.25) is 0 Å². The van der Waals surface area contributed by atoms with Gasteiger partial charge in [-0.05, 0) is 44.9 Å². The number of aliphatic hydroxyl groups excluding tert-OH is 1. The third kappa shape index (κ3) is 26.9. The van der Waals surface area contributed by atoms with E-state index in [-0.39, 0.29) is 0 Å². The third-order valence-electron chi connectivity index (χ3n) is 5.40. The predicted octanol–water partition coefficient (Wildman–Crippen LogP) is 7.98. The van der Waals surface area contributed by atoms with Gasteiger partial charge in [0, 0.05) is 13.0 Å². The van der Waals surface area contributed by atoms with Gasteiger partial charge in [-0.25, -0.2) is 0 Å². The normalized spacial score (nSPS) is 11.8. The monoisotopic (exact) mass is 408 g/mol. The van der Waals surface area contributed by atoms with Crippen LogP contribution in [0.5, 0.6) is 0 Å². The molecule has 0 aromatic rings. The van der Waals surface area contributed by atoms with Crippen LogP contribution in [-0.4, -0.2) is 22.8 Å². The highest BCUT2D eigenvalue weighted by Gasteiger charge is 1.96. The lowest BCUT2D eigenvalue weighted by Gasteiger charge is -2.01. The number of unbranched alkanes of at least 4 members (excludes halogenated alkanes) is 16. The average Bonchev–Trinajstić information content (AvgIpc) is 2.71. The summed E-state index contributed by atoms with van der Waals surface area (Å²) in [6, 6.07) is 0. The van der Waals surface area contributed by atoms with Crippen molar-refractivity contribution in [1.82, 2.24) is 0 Å². The maximum atomic E-state index is 10.4. The highest BCUT2D eigenvalue weighted by atomic mass is 16.4. The summed E-state index contributed by atoms with van der Waals surface area (Å²) in [4.78, 5) is 10.4. The van der Waals surface area contributed by atoms with Gasteiger partial charge < -0.3 is 10.2 Å². The molecule has 0 spiro atoms. The van der Waals surface area contributed by atoms with Crippen LogP contribution >= 0.6 is 0 Å². The maximum absolute atomic E-state index is 10.4. The van der Waals surface area contributed by atoms with E-state index < -0.39 is 5.97 Å². The Morgan fingerprint density at radius 3 is 1.31 bits per heavy atom. The number of carboxylic acids is 1. The molecular weight excluding hydrogens is 360 g/mol. The van der Waals surface area contributed by atoms with Crippen LogP contribution < -0.4 is 0 Å². The molecule has 0 radical (unpaired) electrons. The molecule has 170 valence electrons. The number of hydrogen-bond donors (Lipinski definition) is 2. The Hall–Kier alpha value is -1.09. The van der Waals surface area contributed by atoms with E-state index in [1.165, 1.54) is 96.3 Å². The second-order valence-corrected chi connectivity index (χ2v) is 8.28. The summed E-state index contributed by atoms with van der Waals surface area (Å²) in [6.07, 6.45) is 32.8. The SMILES string of the molecule is O=C(O)CCCCCCCCCCC/C=C/C/C=C/CCCCCCCCCO. The second kappa shape index (κ2) is 24.9. The summed E-state index contributed by atoms with van der Waals surface area (Å²) < 4.78 is 0. The number of carbonyl (C=O) groups is 1. The van der Waals surface area contributed by atoms with Gasteiger partial charge in [-0.1, -0.05) is 101 Å². The van der Waals surface area contributed by atoms with Crippen molar-refractivity contribution in [2.75, 3.05) is 6.61 Å². The molecule has 0 fully saturated rings. The summed E-state index contributed by atoms with van der Waals surface area (Å²) in [5, 5.41) is 17.3. The summed E-state index contributed by atoms with van der Waals surface area (Å²) in [5.74, 6) is -0.664. The first-order valence-electron chi connectivity index (χ1n) is 12.4. The van der Waals surface area contributed by atoms with Crippen molar-refractivity contribution in [2.45, 2.75) is 128 Å². The molecule has 0 aliphatic heterocycles. The van der Waals surface area contributed by atoms with E-state index in [1.54, 1.807) is 0 Å². The number of hydrogen-bond acceptors (Lipinski definition) is 2. The fourth-order valence-electron chi connectivity index (χ4n) is 3.54. The molecular formula is C26H48O3. The van der Waals surface area contributed by atoms with Gasteiger partial charge in [0.1, 0.15) is 0 Å². The van der Waals surface area contributed by atoms with Gasteiger partial charge in [0.05, 0.1) is 0 Å². The highest BCUT2D eigenvalue weighted by Crippen LogP contribution is 2.12. The molecule has 0 aromatic heterocycles. The lowest BCUT2D eigenvalue weighted by Crippen LogP contribution is -1.93. The van der Waals surface area contributed by atoms with Crippen LogP contribution in [0, 0.1) is 0 Å². The molecule has 0 saturated carbocycles. The zero-order valence-electron chi connectivity index (χ0n) is 19.0. The van der Waals surface area contributed by atoms with Crippen molar-refractivity contribution in [3.63, 3.8) is 0 Å². The van der Waals surface area contributed by atoms with Crippen LogP contribution in [0.3, 0.4) is 0 Å². The van der Waals surface area contributed by atoms with E-state index >= 15 is 0 Å². The topological polar surface area (TPSA) is 57.5 Å². The first-order valence-corrected chi connectivity index (χ1v) is 12.4. The molecule has 3 heteroatoms. The van der Waals surface area contributed by atoms with Gasteiger partial charge >= 0.3 is 5.97 Å². The number of carboxylic acid groups (broad SMARTS) is 1. The van der Waals surface area contributed by atoms with Crippen LogP contribution in [0.4, 0.5) is 0 Å². The standard InChI is InChI=1S/C26H48O3/c27-25-23-21-19-17-15-13-11-9-7-5-3-1-2-4-6-8-10-12-14-16-18-20-22-24-26(28)29/h1-2,5,7,27H,3-4,6,8-25H2,(H,28,29)/b2-1+,7-5+. The van der Waals surface area contributed by atoms with Gasteiger partial charge in [0.15, 0.2) is 0 Å². The summed E-state index contributed by atoms with van der Waals surface area (Å²) in [7, 11) is 0. The largest absolute Gasteiger partial charge is 0.481 e. The van der Waals surface area contributed by atoms with Gasteiger partial charge in [-0.2, -0.15) is 0 Å². The van der Waals surface area contributed by atoms with Crippen LogP contribution in [0.1, 0.15) is 128 Å². The molecule has 0 bridgehead atoms. The Balaban J connectivity index is 3.16. The van der Waals surface area contributed by atoms with E-state index in [9.17, 15) is 4.79 Å².